The maximum Gasteiger partial charge on any atom is 0.193 e. The number of aromatic nitrogens is 3. The molecule has 1 aliphatic rings. The van der Waals surface area contributed by atoms with Crippen LogP contribution in [0.3, 0.4) is 0 Å². The van der Waals surface area contributed by atoms with E-state index in [1.807, 2.05) is 13.0 Å². The van der Waals surface area contributed by atoms with Crippen molar-refractivity contribution in [3.8, 4) is 28.3 Å². The van der Waals surface area contributed by atoms with Crippen molar-refractivity contribution >= 4 is 28.2 Å². The number of halogens is 1. The molecule has 0 amide bonds. The summed E-state index contributed by atoms with van der Waals surface area (Å²) < 4.78 is 19.9. The number of ether oxygens (including phenoxy) is 1. The molecule has 9 heteroatoms. The number of methoxy groups -OCH3 is 1. The van der Waals surface area contributed by atoms with Crippen LogP contribution in [0.4, 0.5) is 21.6 Å². The fourth-order valence-electron chi connectivity index (χ4n) is 4.71. The van der Waals surface area contributed by atoms with Crippen LogP contribution < -0.4 is 21.1 Å². The molecule has 5 N–H and O–H groups in total. The molecule has 1 saturated heterocycles. The van der Waals surface area contributed by atoms with Crippen molar-refractivity contribution in [1.82, 2.24) is 15.0 Å². The molecule has 0 atom stereocenters. The van der Waals surface area contributed by atoms with Crippen LogP contribution in [0.2, 0.25) is 0 Å². The molecule has 0 bridgehead atoms. The molecule has 178 valence electrons. The van der Waals surface area contributed by atoms with Gasteiger partial charge in [-0.15, -0.1) is 0 Å². The van der Waals surface area contributed by atoms with Gasteiger partial charge in [-0.2, -0.15) is 0 Å². The predicted octanol–water partition coefficient (Wildman–Crippen LogP) is 4.81. The number of anilines is 2. The Balaban J connectivity index is 1.78. The highest BCUT2D eigenvalue weighted by Gasteiger charge is 2.27. The van der Waals surface area contributed by atoms with Crippen molar-refractivity contribution in [2.24, 2.45) is 5.73 Å². The van der Waals surface area contributed by atoms with Crippen LogP contribution in [-0.4, -0.2) is 41.2 Å². The smallest absolute Gasteiger partial charge is 0.193 e. The van der Waals surface area contributed by atoms with Gasteiger partial charge in [-0.3, -0.25) is 0 Å². The van der Waals surface area contributed by atoms with Crippen LogP contribution in [0.25, 0.3) is 38.4 Å². The lowest BCUT2D eigenvalue weighted by Gasteiger charge is -2.34. The fraction of sp³-hybridized carbons (Fsp3) is 0.269. The normalized spacial score (nSPS) is 14.3. The summed E-state index contributed by atoms with van der Waals surface area (Å²) in [5, 5.41) is 0. The van der Waals surface area contributed by atoms with E-state index < -0.39 is 0 Å². The van der Waals surface area contributed by atoms with E-state index in [0.29, 0.717) is 45.2 Å². The standard InChI is InChI=1S/C26H26FN7O/c1-14-8-15(10-16(27)9-14)19-13-31-25(29)22(24(19)34-6-4-17(28)5-7-34)26-32-20-11-18(30-2)12-21(35-3)23(20)33-26/h8-13,17H,4-7,28H2,1,3H3,(H2,29,31)(H,32,33). The molecule has 1 aliphatic heterocycles. The molecule has 0 radical (unpaired) electrons. The van der Waals surface area contributed by atoms with Gasteiger partial charge >= 0.3 is 0 Å². The number of nitrogens with two attached hydrogens (primary N) is 2. The second kappa shape index (κ2) is 8.89. The van der Waals surface area contributed by atoms with Gasteiger partial charge in [-0.1, -0.05) is 6.07 Å². The minimum absolute atomic E-state index is 0.135. The van der Waals surface area contributed by atoms with E-state index in [1.165, 1.54) is 12.1 Å². The lowest BCUT2D eigenvalue weighted by molar-refractivity contribution is 0.419. The van der Waals surface area contributed by atoms with Gasteiger partial charge in [0.25, 0.3) is 0 Å². The number of imidazole rings is 1. The third-order valence-electron chi connectivity index (χ3n) is 6.41. The maximum absolute atomic E-state index is 14.4. The highest BCUT2D eigenvalue weighted by molar-refractivity contribution is 5.97. The summed E-state index contributed by atoms with van der Waals surface area (Å²) in [5.74, 6) is 0.982. The zero-order chi connectivity index (χ0) is 24.7. The Labute approximate surface area is 202 Å². The minimum atomic E-state index is -0.315. The number of aromatic amines is 1. The minimum Gasteiger partial charge on any atom is -0.496 e. The van der Waals surface area contributed by atoms with E-state index >= 15 is 0 Å². The summed E-state index contributed by atoms with van der Waals surface area (Å²) in [4.78, 5) is 18.3. The second-order valence-electron chi connectivity index (χ2n) is 8.86. The highest BCUT2D eigenvalue weighted by Crippen LogP contribution is 2.43. The number of benzene rings is 2. The second-order valence-corrected chi connectivity index (χ2v) is 8.86. The Kier molecular flexibility index (Phi) is 5.75. The van der Waals surface area contributed by atoms with Crippen LogP contribution >= 0.6 is 0 Å². The molecule has 3 heterocycles. The van der Waals surface area contributed by atoms with Gasteiger partial charge in [0.15, 0.2) is 5.69 Å². The molecule has 0 spiro atoms. The lowest BCUT2D eigenvalue weighted by Crippen LogP contribution is -2.40. The number of nitrogens with one attached hydrogen (secondary N) is 1. The van der Waals surface area contributed by atoms with Gasteiger partial charge in [0, 0.05) is 30.9 Å². The molecular weight excluding hydrogens is 445 g/mol. The first kappa shape index (κ1) is 22.6. The number of aryl methyl sites for hydroxylation is 1. The van der Waals surface area contributed by atoms with Crippen molar-refractivity contribution in [3.05, 3.63) is 59.3 Å². The molecule has 8 nitrogen and oxygen atoms in total. The van der Waals surface area contributed by atoms with Gasteiger partial charge in [0.1, 0.15) is 28.7 Å². The van der Waals surface area contributed by atoms with Crippen molar-refractivity contribution in [1.29, 1.82) is 0 Å². The van der Waals surface area contributed by atoms with Crippen molar-refractivity contribution in [3.63, 3.8) is 0 Å². The topological polar surface area (TPSA) is 110 Å². The van der Waals surface area contributed by atoms with Crippen molar-refractivity contribution in [2.75, 3.05) is 30.8 Å². The molecule has 2 aromatic heterocycles. The Morgan fingerprint density at radius 2 is 1.97 bits per heavy atom. The highest BCUT2D eigenvalue weighted by atomic mass is 19.1. The van der Waals surface area contributed by atoms with Crippen molar-refractivity contribution in [2.45, 2.75) is 25.8 Å². The van der Waals surface area contributed by atoms with Crippen LogP contribution in [0.15, 0.2) is 36.5 Å². The molecule has 4 aromatic rings. The molecule has 5 rings (SSSR count). The van der Waals surface area contributed by atoms with Crippen LogP contribution in [-0.2, 0) is 0 Å². The zero-order valence-electron chi connectivity index (χ0n) is 19.6. The number of hydrogen-bond donors (Lipinski definition) is 3. The lowest BCUT2D eigenvalue weighted by atomic mass is 9.97. The summed E-state index contributed by atoms with van der Waals surface area (Å²) in [5.41, 5.74) is 18.1. The Hall–Kier alpha value is -4.16. The van der Waals surface area contributed by atoms with Gasteiger partial charge in [-0.25, -0.2) is 19.2 Å². The summed E-state index contributed by atoms with van der Waals surface area (Å²) in [7, 11) is 1.54. The number of H-pyrrole nitrogens is 1. The van der Waals surface area contributed by atoms with E-state index in [-0.39, 0.29) is 11.9 Å². The van der Waals surface area contributed by atoms with E-state index in [4.69, 9.17) is 27.8 Å². The van der Waals surface area contributed by atoms with Gasteiger partial charge in [-0.05, 0) is 55.2 Å². The number of pyridine rings is 1. The number of nitrogen functional groups attached to an aromatic ring is 1. The largest absolute Gasteiger partial charge is 0.496 e. The Morgan fingerprint density at radius 3 is 2.66 bits per heavy atom. The van der Waals surface area contributed by atoms with Crippen LogP contribution in [0.5, 0.6) is 5.75 Å². The summed E-state index contributed by atoms with van der Waals surface area (Å²) >= 11 is 0. The quantitative estimate of drug-likeness (QED) is 0.369. The molecule has 0 saturated carbocycles. The van der Waals surface area contributed by atoms with Crippen LogP contribution in [0.1, 0.15) is 18.4 Å². The van der Waals surface area contributed by atoms with Gasteiger partial charge in [0.2, 0.25) is 0 Å². The molecule has 0 unspecified atom stereocenters. The SMILES string of the molecule is [C-]#[N+]c1cc(OC)c2nc(-c3c(N)ncc(-c4cc(C)cc(F)c4)c3N3CCC(N)CC3)[nH]c2c1. The van der Waals surface area contributed by atoms with Gasteiger partial charge < -0.3 is 26.1 Å². The predicted molar refractivity (Wildman–Crippen MR) is 136 cm³/mol. The number of hydrogen-bond acceptors (Lipinski definition) is 6. The third kappa shape index (κ3) is 4.13. The molecule has 35 heavy (non-hydrogen) atoms. The zero-order valence-corrected chi connectivity index (χ0v) is 19.6. The molecule has 0 aliphatic carbocycles. The van der Waals surface area contributed by atoms with E-state index in [9.17, 15) is 4.39 Å². The first-order chi connectivity index (χ1) is 16.9. The van der Waals surface area contributed by atoms with E-state index in [1.54, 1.807) is 25.4 Å². The van der Waals surface area contributed by atoms with Gasteiger partial charge in [0.05, 0.1) is 30.4 Å². The number of fused-ring (bicyclic) bond motifs is 1. The molecule has 2 aromatic carbocycles. The average molecular weight is 472 g/mol. The van der Waals surface area contributed by atoms with E-state index in [2.05, 4.69) is 19.7 Å². The average Bonchev–Trinajstić information content (AvgIpc) is 3.26. The fourth-order valence-corrected chi connectivity index (χ4v) is 4.71. The molecular formula is C26H26FN7O. The summed E-state index contributed by atoms with van der Waals surface area (Å²) in [6.45, 7) is 10.7. The monoisotopic (exact) mass is 471 g/mol. The number of rotatable bonds is 4. The summed E-state index contributed by atoms with van der Waals surface area (Å²) in [6.07, 6.45) is 3.34. The first-order valence-electron chi connectivity index (χ1n) is 11.4. The Bertz CT molecular complexity index is 1440. The number of nitrogens with zero attached hydrogens (tertiary/aromatic N) is 4. The maximum atomic E-state index is 14.4. The molecule has 1 fully saturated rings. The van der Waals surface area contributed by atoms with Crippen molar-refractivity contribution < 1.29 is 9.13 Å². The third-order valence-corrected chi connectivity index (χ3v) is 6.41. The first-order valence-corrected chi connectivity index (χ1v) is 11.4. The van der Waals surface area contributed by atoms with E-state index in [0.717, 1.165) is 42.7 Å². The number of piperidine rings is 1. The summed E-state index contributed by atoms with van der Waals surface area (Å²) in [6, 6.07) is 8.45. The van der Waals surface area contributed by atoms with Crippen LogP contribution in [0, 0.1) is 19.3 Å². The Morgan fingerprint density at radius 1 is 1.20 bits per heavy atom.